The number of likely N-dealkylation sites (tertiary alicyclic amines) is 1. The zero-order valence-electron chi connectivity index (χ0n) is 20.8. The summed E-state index contributed by atoms with van der Waals surface area (Å²) in [6.07, 6.45) is -3.03. The number of aliphatic carboxylic acids is 1. The van der Waals surface area contributed by atoms with Crippen LogP contribution in [-0.4, -0.2) is 61.2 Å². The molecular weight excluding hydrogens is 573 g/mol. The van der Waals surface area contributed by atoms with Crippen molar-refractivity contribution in [2.24, 2.45) is 0 Å². The van der Waals surface area contributed by atoms with E-state index >= 15 is 0 Å². The Labute approximate surface area is 230 Å². The molecular formula is C25H23F3N4O6S2. The summed E-state index contributed by atoms with van der Waals surface area (Å²) in [4.78, 5) is 27.8. The fourth-order valence-electron chi connectivity index (χ4n) is 4.15. The van der Waals surface area contributed by atoms with Gasteiger partial charge in [0.15, 0.2) is 0 Å². The number of anilines is 1. The standard InChI is InChI=1S/C23H22N4O4S2.C2HF3O2/c1-31-17-4-2-14-3-5-18(11-15(14)10-17)33(29,30)26-19-7-9-27(23(19)28)12-16-13-32-20-6-8-25-22(24)21(16)20;3-2(4,5)1(6)7/h2-6,8,10-11,13,19,26H,7,9,12H2,1H3,(H2,24,25);(H,6,7)/t19-;/m1./s1. The smallest absolute Gasteiger partial charge is 0.490 e. The number of methoxy groups -OCH3 is 1. The molecule has 10 nitrogen and oxygen atoms in total. The minimum Gasteiger partial charge on any atom is -0.497 e. The molecule has 1 aliphatic heterocycles. The van der Waals surface area contributed by atoms with Crippen LogP contribution >= 0.6 is 11.3 Å². The number of halogens is 3. The Bertz CT molecular complexity index is 1690. The highest BCUT2D eigenvalue weighted by Gasteiger charge is 2.38. The van der Waals surface area contributed by atoms with Gasteiger partial charge in [-0.3, -0.25) is 4.79 Å². The van der Waals surface area contributed by atoms with Crippen molar-refractivity contribution in [1.82, 2.24) is 14.6 Å². The van der Waals surface area contributed by atoms with E-state index in [4.69, 9.17) is 20.4 Å². The largest absolute Gasteiger partial charge is 0.497 e. The summed E-state index contributed by atoms with van der Waals surface area (Å²) >= 11 is 1.55. The molecule has 3 heterocycles. The highest BCUT2D eigenvalue weighted by molar-refractivity contribution is 7.89. The van der Waals surface area contributed by atoms with Crippen LogP contribution < -0.4 is 15.2 Å². The molecule has 40 heavy (non-hydrogen) atoms. The number of rotatable bonds is 6. The first-order valence-electron chi connectivity index (χ1n) is 11.6. The number of carbonyl (C=O) groups excluding carboxylic acids is 1. The van der Waals surface area contributed by atoms with Crippen LogP contribution in [-0.2, 0) is 26.2 Å². The lowest BCUT2D eigenvalue weighted by Crippen LogP contribution is -2.41. The van der Waals surface area contributed by atoms with E-state index in [0.717, 1.165) is 26.4 Å². The molecule has 0 radical (unpaired) electrons. The van der Waals surface area contributed by atoms with Crippen LogP contribution in [0.3, 0.4) is 0 Å². The number of carboxylic acid groups (broad SMARTS) is 1. The van der Waals surface area contributed by atoms with Gasteiger partial charge in [0.25, 0.3) is 0 Å². The number of amides is 1. The van der Waals surface area contributed by atoms with Crippen molar-refractivity contribution in [1.29, 1.82) is 0 Å². The Kier molecular flexibility index (Phi) is 8.18. The van der Waals surface area contributed by atoms with E-state index < -0.39 is 28.2 Å². The highest BCUT2D eigenvalue weighted by atomic mass is 32.2. The number of nitrogens with zero attached hydrogens (tertiary/aromatic N) is 2. The van der Waals surface area contributed by atoms with Crippen molar-refractivity contribution in [2.45, 2.75) is 30.1 Å². The summed E-state index contributed by atoms with van der Waals surface area (Å²) in [5, 5.41) is 11.6. The van der Waals surface area contributed by atoms with Crippen LogP contribution in [0.25, 0.3) is 20.9 Å². The zero-order valence-corrected chi connectivity index (χ0v) is 22.4. The van der Waals surface area contributed by atoms with E-state index in [9.17, 15) is 26.4 Å². The van der Waals surface area contributed by atoms with Gasteiger partial charge in [0, 0.05) is 29.4 Å². The summed E-state index contributed by atoms with van der Waals surface area (Å²) in [7, 11) is -2.32. The van der Waals surface area contributed by atoms with Gasteiger partial charge in [0.05, 0.1) is 12.0 Å². The monoisotopic (exact) mass is 596 g/mol. The lowest BCUT2D eigenvalue weighted by atomic mass is 10.1. The Morgan fingerprint density at radius 3 is 2.60 bits per heavy atom. The Morgan fingerprint density at radius 1 is 1.23 bits per heavy atom. The number of fused-ring (bicyclic) bond motifs is 2. The second-order valence-electron chi connectivity index (χ2n) is 8.73. The number of alkyl halides is 3. The average molecular weight is 597 g/mol. The zero-order chi connectivity index (χ0) is 29.2. The molecule has 2 aromatic heterocycles. The molecule has 1 saturated heterocycles. The Morgan fingerprint density at radius 2 is 1.93 bits per heavy atom. The summed E-state index contributed by atoms with van der Waals surface area (Å²) in [6.45, 7) is 0.821. The molecule has 2 aromatic carbocycles. The molecule has 0 unspecified atom stereocenters. The fourth-order valence-corrected chi connectivity index (χ4v) is 6.37. The molecule has 0 spiro atoms. The second-order valence-corrected chi connectivity index (χ2v) is 11.4. The van der Waals surface area contributed by atoms with Gasteiger partial charge >= 0.3 is 12.1 Å². The number of ether oxygens (including phenoxy) is 1. The maximum atomic E-state index is 13.0. The minimum atomic E-state index is -5.08. The first-order valence-corrected chi connectivity index (χ1v) is 14.0. The lowest BCUT2D eigenvalue weighted by molar-refractivity contribution is -0.192. The molecule has 212 valence electrons. The number of nitrogens with two attached hydrogens (primary N) is 1. The summed E-state index contributed by atoms with van der Waals surface area (Å²) in [5.41, 5.74) is 6.95. The average Bonchev–Trinajstić information content (AvgIpc) is 3.47. The number of nitrogens with one attached hydrogen (secondary N) is 1. The number of carboxylic acids is 1. The number of carbonyl (C=O) groups is 2. The van der Waals surface area contributed by atoms with Crippen LogP contribution in [0.5, 0.6) is 5.75 Å². The van der Waals surface area contributed by atoms with E-state index in [1.54, 1.807) is 53.8 Å². The van der Waals surface area contributed by atoms with Crippen molar-refractivity contribution >= 4 is 59.9 Å². The number of nitrogen functional groups attached to an aromatic ring is 1. The lowest BCUT2D eigenvalue weighted by Gasteiger charge is -2.17. The number of thiophene rings is 1. The first-order chi connectivity index (χ1) is 18.8. The predicted molar refractivity (Wildman–Crippen MR) is 142 cm³/mol. The molecule has 1 fully saturated rings. The second kappa shape index (κ2) is 11.3. The van der Waals surface area contributed by atoms with Crippen molar-refractivity contribution in [3.8, 4) is 5.75 Å². The Balaban J connectivity index is 0.000000470. The summed E-state index contributed by atoms with van der Waals surface area (Å²) < 4.78 is 66.6. The molecule has 1 amide bonds. The van der Waals surface area contributed by atoms with Crippen LogP contribution in [0.1, 0.15) is 12.0 Å². The van der Waals surface area contributed by atoms with Crippen LogP contribution in [0.2, 0.25) is 0 Å². The molecule has 1 aliphatic rings. The van der Waals surface area contributed by atoms with Crippen LogP contribution in [0.4, 0.5) is 19.0 Å². The van der Waals surface area contributed by atoms with E-state index in [2.05, 4.69) is 9.71 Å². The SMILES string of the molecule is COc1ccc2ccc(S(=O)(=O)N[C@@H]3CCN(Cc4csc5ccnc(N)c45)C3=O)cc2c1.O=C(O)C(F)(F)F. The molecule has 0 bridgehead atoms. The minimum absolute atomic E-state index is 0.108. The summed E-state index contributed by atoms with van der Waals surface area (Å²) in [5.74, 6) is -1.93. The summed E-state index contributed by atoms with van der Waals surface area (Å²) in [6, 6.07) is 11.4. The molecule has 5 rings (SSSR count). The fraction of sp³-hybridized carbons (Fsp3) is 0.240. The van der Waals surface area contributed by atoms with Gasteiger partial charge in [0.2, 0.25) is 15.9 Å². The van der Waals surface area contributed by atoms with Gasteiger partial charge < -0.3 is 20.5 Å². The Hall–Kier alpha value is -3.95. The molecule has 0 saturated carbocycles. The molecule has 4 aromatic rings. The van der Waals surface area contributed by atoms with Crippen molar-refractivity contribution in [3.05, 3.63) is 59.6 Å². The molecule has 1 atom stereocenters. The third-order valence-electron chi connectivity index (χ3n) is 6.12. The van der Waals surface area contributed by atoms with Crippen LogP contribution in [0, 0.1) is 0 Å². The first kappa shape index (κ1) is 29.0. The number of sulfonamides is 1. The maximum absolute atomic E-state index is 13.0. The van der Waals surface area contributed by atoms with Gasteiger partial charge in [-0.15, -0.1) is 11.3 Å². The van der Waals surface area contributed by atoms with Crippen molar-refractivity contribution in [3.63, 3.8) is 0 Å². The van der Waals surface area contributed by atoms with E-state index in [-0.39, 0.29) is 10.8 Å². The number of hydrogen-bond donors (Lipinski definition) is 3. The number of aromatic nitrogens is 1. The molecule has 4 N–H and O–H groups in total. The van der Waals surface area contributed by atoms with Gasteiger partial charge in [-0.25, -0.2) is 18.2 Å². The van der Waals surface area contributed by atoms with Crippen LogP contribution in [0.15, 0.2) is 58.9 Å². The normalized spacial score (nSPS) is 15.8. The van der Waals surface area contributed by atoms with E-state index in [1.165, 1.54) is 0 Å². The van der Waals surface area contributed by atoms with Crippen molar-refractivity contribution < 1.29 is 41.0 Å². The third-order valence-corrected chi connectivity index (χ3v) is 8.58. The van der Waals surface area contributed by atoms with Gasteiger partial charge in [-0.1, -0.05) is 12.1 Å². The topological polar surface area (TPSA) is 152 Å². The van der Waals surface area contributed by atoms with E-state index in [1.807, 2.05) is 23.6 Å². The molecule has 15 heteroatoms. The predicted octanol–water partition coefficient (Wildman–Crippen LogP) is 3.75. The number of pyridine rings is 1. The number of hydrogen-bond acceptors (Lipinski definition) is 8. The van der Waals surface area contributed by atoms with Crippen molar-refractivity contribution in [2.75, 3.05) is 19.4 Å². The van der Waals surface area contributed by atoms with Gasteiger partial charge in [0.1, 0.15) is 17.6 Å². The van der Waals surface area contributed by atoms with Gasteiger partial charge in [-0.05, 0) is 58.5 Å². The highest BCUT2D eigenvalue weighted by Crippen LogP contribution is 2.31. The third kappa shape index (κ3) is 6.26. The number of benzene rings is 2. The molecule has 0 aliphatic carbocycles. The quantitative estimate of drug-likeness (QED) is 0.304. The maximum Gasteiger partial charge on any atom is 0.490 e. The van der Waals surface area contributed by atoms with Gasteiger partial charge in [-0.2, -0.15) is 17.9 Å². The van der Waals surface area contributed by atoms with E-state index in [0.29, 0.717) is 31.1 Å².